The molecule has 0 radical (unpaired) electrons. The van der Waals surface area contributed by atoms with E-state index in [1.165, 1.54) is 19.3 Å². The molecule has 98 valence electrons. The largest absolute Gasteiger partial charge is 0.481 e. The Morgan fingerprint density at radius 1 is 1.24 bits per heavy atom. The summed E-state index contributed by atoms with van der Waals surface area (Å²) in [6, 6.07) is 0. The molecular formula is C12H21NO4. The Hall–Kier alpha value is -1.10. The quantitative estimate of drug-likeness (QED) is 0.661. The molecule has 1 saturated carbocycles. The van der Waals surface area contributed by atoms with Crippen molar-refractivity contribution in [1.29, 1.82) is 0 Å². The fourth-order valence-corrected chi connectivity index (χ4v) is 1.94. The lowest BCUT2D eigenvalue weighted by Gasteiger charge is -2.21. The molecule has 1 amide bonds. The van der Waals surface area contributed by atoms with Gasteiger partial charge in [-0.3, -0.25) is 9.59 Å². The number of hydrogen-bond acceptors (Lipinski definition) is 3. The van der Waals surface area contributed by atoms with Gasteiger partial charge < -0.3 is 15.2 Å². The predicted molar refractivity (Wildman–Crippen MR) is 62.7 cm³/mol. The van der Waals surface area contributed by atoms with Crippen molar-refractivity contribution in [1.82, 2.24) is 5.32 Å². The average Bonchev–Trinajstić information content (AvgIpc) is 2.33. The first kappa shape index (κ1) is 14.0. The van der Waals surface area contributed by atoms with Crippen molar-refractivity contribution in [2.24, 2.45) is 0 Å². The second-order valence-corrected chi connectivity index (χ2v) is 4.42. The van der Waals surface area contributed by atoms with Crippen LogP contribution in [0.3, 0.4) is 0 Å². The van der Waals surface area contributed by atoms with E-state index in [2.05, 4.69) is 5.32 Å². The number of carbonyl (C=O) groups excluding carboxylic acids is 1. The fourth-order valence-electron chi connectivity index (χ4n) is 1.94. The van der Waals surface area contributed by atoms with Gasteiger partial charge in [-0.15, -0.1) is 0 Å². The average molecular weight is 243 g/mol. The third-order valence-electron chi connectivity index (χ3n) is 2.89. The monoisotopic (exact) mass is 243 g/mol. The van der Waals surface area contributed by atoms with Crippen molar-refractivity contribution in [3.8, 4) is 0 Å². The second-order valence-electron chi connectivity index (χ2n) is 4.42. The van der Waals surface area contributed by atoms with Gasteiger partial charge in [-0.2, -0.15) is 0 Å². The highest BCUT2D eigenvalue weighted by Gasteiger charge is 2.14. The van der Waals surface area contributed by atoms with Gasteiger partial charge in [-0.1, -0.05) is 19.3 Å². The van der Waals surface area contributed by atoms with Gasteiger partial charge in [0.15, 0.2) is 0 Å². The number of ether oxygens (including phenoxy) is 1. The van der Waals surface area contributed by atoms with Crippen LogP contribution in [0.1, 0.15) is 44.9 Å². The number of carbonyl (C=O) groups is 2. The van der Waals surface area contributed by atoms with E-state index >= 15 is 0 Å². The van der Waals surface area contributed by atoms with Crippen LogP contribution in [-0.2, 0) is 14.3 Å². The molecule has 0 bridgehead atoms. The molecule has 5 heteroatoms. The summed E-state index contributed by atoms with van der Waals surface area (Å²) >= 11 is 0. The van der Waals surface area contributed by atoms with Crippen LogP contribution < -0.4 is 5.32 Å². The van der Waals surface area contributed by atoms with E-state index in [-0.39, 0.29) is 25.0 Å². The summed E-state index contributed by atoms with van der Waals surface area (Å²) in [5.41, 5.74) is 0. The standard InChI is InChI=1S/C12H21NO4/c14-11(13-8-4-7-12(15)16)9-17-10-5-2-1-3-6-10/h10H,1-9H2,(H,13,14)(H,15,16). The van der Waals surface area contributed by atoms with E-state index in [1.807, 2.05) is 0 Å². The lowest BCUT2D eigenvalue weighted by atomic mass is 9.98. The van der Waals surface area contributed by atoms with Gasteiger partial charge >= 0.3 is 5.97 Å². The minimum absolute atomic E-state index is 0.0871. The molecule has 0 spiro atoms. The maximum Gasteiger partial charge on any atom is 0.303 e. The van der Waals surface area contributed by atoms with Gasteiger partial charge in [0, 0.05) is 13.0 Å². The van der Waals surface area contributed by atoms with Crippen molar-refractivity contribution in [3.63, 3.8) is 0 Å². The molecule has 2 N–H and O–H groups in total. The summed E-state index contributed by atoms with van der Waals surface area (Å²) in [6.07, 6.45) is 6.51. The molecule has 1 fully saturated rings. The number of aliphatic carboxylic acids is 1. The van der Waals surface area contributed by atoms with E-state index in [4.69, 9.17) is 9.84 Å². The van der Waals surface area contributed by atoms with Gasteiger partial charge in [0.05, 0.1) is 6.10 Å². The van der Waals surface area contributed by atoms with Crippen molar-refractivity contribution < 1.29 is 19.4 Å². The van der Waals surface area contributed by atoms with E-state index in [9.17, 15) is 9.59 Å². The predicted octanol–water partition coefficient (Wildman–Crippen LogP) is 1.32. The zero-order valence-corrected chi connectivity index (χ0v) is 10.1. The lowest BCUT2D eigenvalue weighted by molar-refractivity contribution is -0.137. The number of rotatable bonds is 7. The third-order valence-corrected chi connectivity index (χ3v) is 2.89. The van der Waals surface area contributed by atoms with Gasteiger partial charge in [-0.05, 0) is 19.3 Å². The molecule has 17 heavy (non-hydrogen) atoms. The molecule has 0 unspecified atom stereocenters. The van der Waals surface area contributed by atoms with Crippen LogP contribution in [0, 0.1) is 0 Å². The Bertz CT molecular complexity index is 249. The van der Waals surface area contributed by atoms with Crippen LogP contribution in [0.15, 0.2) is 0 Å². The summed E-state index contributed by atoms with van der Waals surface area (Å²) < 4.78 is 5.49. The van der Waals surface area contributed by atoms with E-state index < -0.39 is 5.97 Å². The fraction of sp³-hybridized carbons (Fsp3) is 0.833. The molecule has 1 aliphatic carbocycles. The van der Waals surface area contributed by atoms with Crippen LogP contribution >= 0.6 is 0 Å². The number of nitrogens with one attached hydrogen (secondary N) is 1. The molecule has 0 aromatic heterocycles. The SMILES string of the molecule is O=C(O)CCCNC(=O)COC1CCCCC1. The smallest absolute Gasteiger partial charge is 0.303 e. The molecular weight excluding hydrogens is 222 g/mol. The van der Waals surface area contributed by atoms with E-state index in [0.717, 1.165) is 12.8 Å². The normalized spacial score (nSPS) is 16.7. The summed E-state index contributed by atoms with van der Waals surface area (Å²) in [4.78, 5) is 21.6. The molecule has 5 nitrogen and oxygen atoms in total. The molecule has 0 atom stereocenters. The Balaban J connectivity index is 1.98. The highest BCUT2D eigenvalue weighted by molar-refractivity contribution is 5.77. The van der Waals surface area contributed by atoms with Gasteiger partial charge in [0.2, 0.25) is 5.91 Å². The minimum atomic E-state index is -0.835. The van der Waals surface area contributed by atoms with Gasteiger partial charge in [0.1, 0.15) is 6.61 Å². The maximum absolute atomic E-state index is 11.3. The number of amides is 1. The zero-order valence-electron chi connectivity index (χ0n) is 10.1. The number of carboxylic acid groups (broad SMARTS) is 1. The summed E-state index contributed by atoms with van der Waals surface area (Å²) in [7, 11) is 0. The van der Waals surface area contributed by atoms with Crippen molar-refractivity contribution in [2.45, 2.75) is 51.0 Å². The first-order chi connectivity index (χ1) is 8.18. The Morgan fingerprint density at radius 2 is 1.94 bits per heavy atom. The van der Waals surface area contributed by atoms with Crippen molar-refractivity contribution >= 4 is 11.9 Å². The highest BCUT2D eigenvalue weighted by Crippen LogP contribution is 2.19. The highest BCUT2D eigenvalue weighted by atomic mass is 16.5. The zero-order chi connectivity index (χ0) is 12.5. The Labute approximate surface area is 102 Å². The molecule has 0 saturated heterocycles. The molecule has 0 aromatic rings. The van der Waals surface area contributed by atoms with Crippen LogP contribution in [-0.4, -0.2) is 36.2 Å². The second kappa shape index (κ2) is 8.06. The van der Waals surface area contributed by atoms with Gasteiger partial charge in [-0.25, -0.2) is 0 Å². The molecule has 0 heterocycles. The molecule has 0 aromatic carbocycles. The van der Waals surface area contributed by atoms with E-state index in [1.54, 1.807) is 0 Å². The summed E-state index contributed by atoms with van der Waals surface area (Å²) in [5.74, 6) is -0.987. The third kappa shape index (κ3) is 6.94. The topological polar surface area (TPSA) is 75.6 Å². The van der Waals surface area contributed by atoms with Crippen molar-refractivity contribution in [2.75, 3.05) is 13.2 Å². The molecule has 0 aliphatic heterocycles. The van der Waals surface area contributed by atoms with Crippen LogP contribution in [0.25, 0.3) is 0 Å². The van der Waals surface area contributed by atoms with Crippen LogP contribution in [0.4, 0.5) is 0 Å². The summed E-state index contributed by atoms with van der Waals surface area (Å²) in [5, 5.41) is 11.1. The van der Waals surface area contributed by atoms with Crippen LogP contribution in [0.5, 0.6) is 0 Å². The minimum Gasteiger partial charge on any atom is -0.481 e. The Kier molecular flexibility index (Phi) is 6.62. The molecule has 1 aliphatic rings. The molecule has 1 rings (SSSR count). The van der Waals surface area contributed by atoms with Gasteiger partial charge in [0.25, 0.3) is 0 Å². The Morgan fingerprint density at radius 3 is 2.59 bits per heavy atom. The van der Waals surface area contributed by atoms with E-state index in [0.29, 0.717) is 13.0 Å². The number of hydrogen-bond donors (Lipinski definition) is 2. The first-order valence-corrected chi connectivity index (χ1v) is 6.28. The maximum atomic E-state index is 11.3. The van der Waals surface area contributed by atoms with Crippen molar-refractivity contribution in [3.05, 3.63) is 0 Å². The number of carboxylic acids is 1. The lowest BCUT2D eigenvalue weighted by Crippen LogP contribution is -2.31. The van der Waals surface area contributed by atoms with Crippen LogP contribution in [0.2, 0.25) is 0 Å². The summed E-state index contributed by atoms with van der Waals surface area (Å²) in [6.45, 7) is 0.497. The first-order valence-electron chi connectivity index (χ1n) is 6.28.